The first kappa shape index (κ1) is 23.3. The lowest BCUT2D eigenvalue weighted by molar-refractivity contribution is -0.135. The molecule has 4 rings (SSSR count). The van der Waals surface area contributed by atoms with Crippen LogP contribution in [-0.2, 0) is 23.9 Å². The number of anilines is 1. The number of rotatable bonds is 10. The Kier molecular flexibility index (Phi) is 7.14. The summed E-state index contributed by atoms with van der Waals surface area (Å²) in [5, 5.41) is 13.7. The number of carbonyl (C=O) groups is 4. The molecular weight excluding hydrogens is 444 g/mol. The van der Waals surface area contributed by atoms with Gasteiger partial charge in [0.1, 0.15) is 24.6 Å². The molecule has 1 fully saturated rings. The van der Waals surface area contributed by atoms with Crippen LogP contribution in [0.3, 0.4) is 0 Å². The van der Waals surface area contributed by atoms with E-state index in [1.165, 1.54) is 4.90 Å². The van der Waals surface area contributed by atoms with Crippen molar-refractivity contribution in [1.29, 1.82) is 0 Å². The summed E-state index contributed by atoms with van der Waals surface area (Å²) in [5.74, 6) is -0.682. The number of hydrogen-bond donors (Lipinski definition) is 2. The predicted molar refractivity (Wildman–Crippen MR) is 122 cm³/mol. The first-order valence-corrected chi connectivity index (χ1v) is 10.8. The summed E-state index contributed by atoms with van der Waals surface area (Å²) in [6, 6.07) is 8.24. The Morgan fingerprint density at radius 2 is 2.03 bits per heavy atom. The Morgan fingerprint density at radius 3 is 2.79 bits per heavy atom. The van der Waals surface area contributed by atoms with E-state index in [1.807, 2.05) is 10.6 Å². The highest BCUT2D eigenvalue weighted by Gasteiger charge is 2.31. The van der Waals surface area contributed by atoms with Gasteiger partial charge in [-0.25, -0.2) is 9.78 Å². The third-order valence-corrected chi connectivity index (χ3v) is 5.63. The molecule has 0 radical (unpaired) electrons. The van der Waals surface area contributed by atoms with Crippen LogP contribution in [0.1, 0.15) is 18.9 Å². The Labute approximate surface area is 194 Å². The zero-order chi connectivity index (χ0) is 24.1. The van der Waals surface area contributed by atoms with Crippen molar-refractivity contribution < 1.29 is 33.8 Å². The van der Waals surface area contributed by atoms with Gasteiger partial charge in [0.25, 0.3) is 0 Å². The summed E-state index contributed by atoms with van der Waals surface area (Å²) in [6.45, 7) is 0.717. The molecule has 3 heterocycles. The number of benzene rings is 1. The van der Waals surface area contributed by atoms with E-state index in [9.17, 15) is 24.3 Å². The van der Waals surface area contributed by atoms with Crippen molar-refractivity contribution >= 4 is 51.8 Å². The van der Waals surface area contributed by atoms with E-state index in [2.05, 4.69) is 10.3 Å². The topological polar surface area (TPSA) is 140 Å². The van der Waals surface area contributed by atoms with Crippen molar-refractivity contribution in [2.24, 2.45) is 0 Å². The first-order chi connectivity index (χ1) is 16.5. The molecule has 34 heavy (non-hydrogen) atoms. The molecule has 1 aliphatic rings. The number of hydrogen-bond acceptors (Lipinski definition) is 7. The number of aldehydes is 1. The minimum Gasteiger partial charge on any atom is -0.465 e. The highest BCUT2D eigenvalue weighted by molar-refractivity contribution is 6.10. The maximum Gasteiger partial charge on any atom is 0.411 e. The highest BCUT2D eigenvalue weighted by Crippen LogP contribution is 2.35. The molecule has 0 spiro atoms. The molecular formula is C23H24N4O7. The van der Waals surface area contributed by atoms with Gasteiger partial charge in [0.2, 0.25) is 11.8 Å². The molecule has 0 bridgehead atoms. The maximum atomic E-state index is 12.6. The zero-order valence-electron chi connectivity index (χ0n) is 18.3. The average Bonchev–Trinajstić information content (AvgIpc) is 3.14. The van der Waals surface area contributed by atoms with Crippen LogP contribution in [0, 0.1) is 0 Å². The molecule has 1 aromatic carbocycles. The standard InChI is InChI=1S/C23H24N4O7/c28-9-11-34-13-12-33-10-8-26(23(31)32)15-3-4-18-17(14-15)16-2-1-7-24-21(16)27(18)19-5-6-20(29)25-22(19)30/h1-4,7,9,14,19H,5-6,8,10-13H2,(H,31,32)(H,25,29,30). The molecule has 1 atom stereocenters. The number of carbonyl (C=O) groups excluding carboxylic acids is 3. The van der Waals surface area contributed by atoms with E-state index in [-0.39, 0.29) is 51.2 Å². The summed E-state index contributed by atoms with van der Waals surface area (Å²) in [5.41, 5.74) is 1.76. The molecule has 11 nitrogen and oxygen atoms in total. The van der Waals surface area contributed by atoms with E-state index in [0.717, 1.165) is 16.3 Å². The summed E-state index contributed by atoms with van der Waals surface area (Å²) < 4.78 is 12.2. The van der Waals surface area contributed by atoms with Gasteiger partial charge in [0, 0.05) is 29.1 Å². The molecule has 0 saturated carbocycles. The minimum atomic E-state index is -1.13. The SMILES string of the molecule is O=CCOCCOCCN(C(=O)O)c1ccc2c(c1)c1cccnc1n2C1CCC(=O)NC1=O. The smallest absolute Gasteiger partial charge is 0.411 e. The van der Waals surface area contributed by atoms with Crippen LogP contribution in [0.2, 0.25) is 0 Å². The maximum absolute atomic E-state index is 12.6. The van der Waals surface area contributed by atoms with Gasteiger partial charge in [0.15, 0.2) is 0 Å². The van der Waals surface area contributed by atoms with Gasteiger partial charge in [0.05, 0.1) is 31.9 Å². The van der Waals surface area contributed by atoms with E-state index in [4.69, 9.17) is 9.47 Å². The van der Waals surface area contributed by atoms with Gasteiger partial charge >= 0.3 is 6.09 Å². The van der Waals surface area contributed by atoms with Crippen LogP contribution in [0.25, 0.3) is 21.9 Å². The number of ether oxygens (including phenoxy) is 2. The molecule has 2 aromatic heterocycles. The van der Waals surface area contributed by atoms with Gasteiger partial charge in [-0.2, -0.15) is 0 Å². The lowest BCUT2D eigenvalue weighted by atomic mass is 10.1. The quantitative estimate of drug-likeness (QED) is 0.261. The summed E-state index contributed by atoms with van der Waals surface area (Å²) in [6.07, 6.45) is 1.73. The third-order valence-electron chi connectivity index (χ3n) is 5.63. The molecule has 3 aromatic rings. The largest absolute Gasteiger partial charge is 0.465 e. The number of piperidine rings is 1. The van der Waals surface area contributed by atoms with Crippen LogP contribution in [-0.4, -0.2) is 71.8 Å². The number of imide groups is 1. The molecule has 11 heteroatoms. The van der Waals surface area contributed by atoms with Gasteiger partial charge in [-0.05, 0) is 36.8 Å². The molecule has 1 unspecified atom stereocenters. The lowest BCUT2D eigenvalue weighted by Crippen LogP contribution is -2.41. The Hall–Kier alpha value is -3.83. The summed E-state index contributed by atoms with van der Waals surface area (Å²) >= 11 is 0. The fourth-order valence-electron chi connectivity index (χ4n) is 4.12. The van der Waals surface area contributed by atoms with Gasteiger partial charge in [-0.3, -0.25) is 19.8 Å². The molecule has 1 aliphatic heterocycles. The minimum absolute atomic E-state index is 0.00803. The van der Waals surface area contributed by atoms with Crippen molar-refractivity contribution in [3.05, 3.63) is 36.5 Å². The van der Waals surface area contributed by atoms with Crippen molar-refractivity contribution in [3.8, 4) is 0 Å². The van der Waals surface area contributed by atoms with Crippen LogP contribution in [0.15, 0.2) is 36.5 Å². The van der Waals surface area contributed by atoms with E-state index in [0.29, 0.717) is 24.0 Å². The van der Waals surface area contributed by atoms with Gasteiger partial charge < -0.3 is 23.9 Å². The second-order valence-electron chi connectivity index (χ2n) is 7.70. The summed E-state index contributed by atoms with van der Waals surface area (Å²) in [7, 11) is 0. The number of pyridine rings is 1. The fourth-order valence-corrected chi connectivity index (χ4v) is 4.12. The third kappa shape index (κ3) is 4.75. The molecule has 178 valence electrons. The van der Waals surface area contributed by atoms with Crippen LogP contribution in [0.4, 0.5) is 10.5 Å². The summed E-state index contributed by atoms with van der Waals surface area (Å²) in [4.78, 5) is 52.0. The lowest BCUT2D eigenvalue weighted by Gasteiger charge is -2.24. The van der Waals surface area contributed by atoms with Crippen LogP contribution in [0.5, 0.6) is 0 Å². The molecule has 0 aliphatic carbocycles. The van der Waals surface area contributed by atoms with Crippen molar-refractivity contribution in [1.82, 2.24) is 14.9 Å². The predicted octanol–water partition coefficient (Wildman–Crippen LogP) is 1.88. The van der Waals surface area contributed by atoms with Gasteiger partial charge in [-0.1, -0.05) is 0 Å². The normalized spacial score (nSPS) is 16.1. The van der Waals surface area contributed by atoms with E-state index >= 15 is 0 Å². The average molecular weight is 468 g/mol. The van der Waals surface area contributed by atoms with Crippen molar-refractivity contribution in [3.63, 3.8) is 0 Å². The van der Waals surface area contributed by atoms with Crippen molar-refractivity contribution in [2.45, 2.75) is 18.9 Å². The number of nitrogens with one attached hydrogen (secondary N) is 1. The molecule has 3 amide bonds. The zero-order valence-corrected chi connectivity index (χ0v) is 18.3. The number of nitrogens with zero attached hydrogens (tertiary/aromatic N) is 3. The van der Waals surface area contributed by atoms with Gasteiger partial charge in [-0.15, -0.1) is 0 Å². The fraction of sp³-hybridized carbons (Fsp3) is 0.348. The first-order valence-electron chi connectivity index (χ1n) is 10.8. The van der Waals surface area contributed by atoms with Crippen LogP contribution >= 0.6 is 0 Å². The Morgan fingerprint density at radius 1 is 1.21 bits per heavy atom. The number of aromatic nitrogens is 2. The number of carboxylic acid groups (broad SMARTS) is 1. The number of fused-ring (bicyclic) bond motifs is 3. The monoisotopic (exact) mass is 468 g/mol. The number of amides is 3. The van der Waals surface area contributed by atoms with Crippen LogP contribution < -0.4 is 10.2 Å². The second kappa shape index (κ2) is 10.4. The van der Waals surface area contributed by atoms with Crippen molar-refractivity contribution in [2.75, 3.05) is 37.9 Å². The molecule has 2 N–H and O–H groups in total. The van der Waals surface area contributed by atoms with E-state index in [1.54, 1.807) is 30.5 Å². The Balaban J connectivity index is 1.62. The van der Waals surface area contributed by atoms with E-state index < -0.39 is 12.1 Å². The second-order valence-corrected chi connectivity index (χ2v) is 7.70. The Bertz CT molecular complexity index is 1240. The highest BCUT2D eigenvalue weighted by atomic mass is 16.5. The molecule has 1 saturated heterocycles.